The Bertz CT molecular complexity index is 359. The van der Waals surface area contributed by atoms with Crippen LogP contribution in [0.5, 0.6) is 0 Å². The first kappa shape index (κ1) is 7.88. The molecule has 0 bridgehead atoms. The van der Waals surface area contributed by atoms with Crippen LogP contribution in [0.25, 0.3) is 0 Å². The summed E-state index contributed by atoms with van der Waals surface area (Å²) in [5.74, 6) is 0. The molecule has 1 N–H and O–H groups in total. The van der Waals surface area contributed by atoms with E-state index < -0.39 is 6.23 Å². The van der Waals surface area contributed by atoms with Crippen molar-refractivity contribution in [3.05, 3.63) is 42.2 Å². The summed E-state index contributed by atoms with van der Waals surface area (Å²) < 4.78 is 1.29. The van der Waals surface area contributed by atoms with Gasteiger partial charge in [0, 0.05) is 5.56 Å². The lowest BCUT2D eigenvalue weighted by Gasteiger charge is -2.08. The van der Waals surface area contributed by atoms with Crippen LogP contribution in [-0.2, 0) is 0 Å². The Morgan fingerprint density at radius 2 is 2.00 bits per heavy atom. The van der Waals surface area contributed by atoms with Crippen molar-refractivity contribution in [2.24, 2.45) is 0 Å². The molecule has 0 radical (unpaired) electrons. The Labute approximate surface area is 74.6 Å². The van der Waals surface area contributed by atoms with Crippen molar-refractivity contribution in [1.82, 2.24) is 20.2 Å². The van der Waals surface area contributed by atoms with Crippen LogP contribution in [0.4, 0.5) is 0 Å². The molecule has 0 amide bonds. The van der Waals surface area contributed by atoms with E-state index in [9.17, 15) is 5.11 Å². The second kappa shape index (κ2) is 3.32. The minimum absolute atomic E-state index is 0.759. The van der Waals surface area contributed by atoms with Gasteiger partial charge >= 0.3 is 0 Å². The van der Waals surface area contributed by atoms with E-state index in [1.165, 1.54) is 11.0 Å². The van der Waals surface area contributed by atoms with Crippen LogP contribution in [-0.4, -0.2) is 25.3 Å². The van der Waals surface area contributed by atoms with Crippen molar-refractivity contribution >= 4 is 0 Å². The molecule has 0 fully saturated rings. The fraction of sp³-hybridized carbons (Fsp3) is 0.125. The minimum atomic E-state index is -0.809. The van der Waals surface area contributed by atoms with E-state index in [1.54, 1.807) is 0 Å². The van der Waals surface area contributed by atoms with Crippen LogP contribution in [0.15, 0.2) is 36.7 Å². The van der Waals surface area contributed by atoms with E-state index in [0.29, 0.717) is 0 Å². The molecule has 0 saturated carbocycles. The number of aromatic nitrogens is 4. The summed E-state index contributed by atoms with van der Waals surface area (Å²) in [6.45, 7) is 0. The molecule has 2 aromatic rings. The molecule has 0 aliphatic heterocycles. The molecule has 0 spiro atoms. The Morgan fingerprint density at radius 3 is 2.62 bits per heavy atom. The van der Waals surface area contributed by atoms with Crippen LogP contribution in [0.3, 0.4) is 0 Å². The van der Waals surface area contributed by atoms with Gasteiger partial charge in [0.15, 0.2) is 6.23 Å². The quantitative estimate of drug-likeness (QED) is 0.710. The van der Waals surface area contributed by atoms with Gasteiger partial charge in [0.1, 0.15) is 6.33 Å². The second-order valence-corrected chi connectivity index (χ2v) is 2.57. The maximum atomic E-state index is 9.70. The van der Waals surface area contributed by atoms with Gasteiger partial charge in [0.05, 0.1) is 0 Å². The topological polar surface area (TPSA) is 63.8 Å². The number of tetrazole rings is 1. The number of aliphatic hydroxyl groups excluding tert-OH is 1. The SMILES string of the molecule is OC(c1ccccc1)n1cnnn1. The molecule has 0 saturated heterocycles. The van der Waals surface area contributed by atoms with Crippen LogP contribution in [0.2, 0.25) is 0 Å². The number of benzene rings is 1. The average molecular weight is 176 g/mol. The predicted octanol–water partition coefficient (Wildman–Crippen LogP) is 0.212. The lowest BCUT2D eigenvalue weighted by atomic mass is 10.2. The third-order valence-corrected chi connectivity index (χ3v) is 1.71. The van der Waals surface area contributed by atoms with E-state index >= 15 is 0 Å². The molecule has 66 valence electrons. The molecule has 1 atom stereocenters. The smallest absolute Gasteiger partial charge is 0.176 e. The zero-order valence-corrected chi connectivity index (χ0v) is 6.78. The van der Waals surface area contributed by atoms with E-state index in [1.807, 2.05) is 30.3 Å². The van der Waals surface area contributed by atoms with E-state index in [4.69, 9.17) is 0 Å². The first-order valence-electron chi connectivity index (χ1n) is 3.83. The molecule has 13 heavy (non-hydrogen) atoms. The van der Waals surface area contributed by atoms with Gasteiger partial charge in [-0.2, -0.15) is 4.68 Å². The third-order valence-electron chi connectivity index (χ3n) is 1.71. The van der Waals surface area contributed by atoms with Gasteiger partial charge in [-0.05, 0) is 10.4 Å². The van der Waals surface area contributed by atoms with Gasteiger partial charge in [-0.3, -0.25) is 0 Å². The van der Waals surface area contributed by atoms with Crippen molar-refractivity contribution in [1.29, 1.82) is 0 Å². The summed E-state index contributed by atoms with van der Waals surface area (Å²) in [6.07, 6.45) is 0.564. The summed E-state index contributed by atoms with van der Waals surface area (Å²) in [6, 6.07) is 9.21. The second-order valence-electron chi connectivity index (χ2n) is 2.57. The molecule has 5 heteroatoms. The molecule has 2 rings (SSSR count). The van der Waals surface area contributed by atoms with Crippen LogP contribution in [0.1, 0.15) is 11.8 Å². The summed E-state index contributed by atoms with van der Waals surface area (Å²) in [5, 5.41) is 20.2. The van der Waals surface area contributed by atoms with Crippen molar-refractivity contribution in [3.63, 3.8) is 0 Å². The van der Waals surface area contributed by atoms with Crippen molar-refractivity contribution in [2.45, 2.75) is 6.23 Å². The highest BCUT2D eigenvalue weighted by atomic mass is 16.3. The first-order chi connectivity index (χ1) is 6.38. The monoisotopic (exact) mass is 176 g/mol. The van der Waals surface area contributed by atoms with E-state index in [0.717, 1.165) is 5.56 Å². The van der Waals surface area contributed by atoms with Crippen molar-refractivity contribution in [2.75, 3.05) is 0 Å². The Hall–Kier alpha value is -1.75. The maximum Gasteiger partial charge on any atom is 0.176 e. The molecular formula is C8H8N4O. The lowest BCUT2D eigenvalue weighted by Crippen LogP contribution is -2.10. The molecule has 1 aromatic heterocycles. The largest absolute Gasteiger partial charge is 0.368 e. The van der Waals surface area contributed by atoms with Crippen molar-refractivity contribution in [3.8, 4) is 0 Å². The molecule has 1 unspecified atom stereocenters. The standard InChI is InChI=1S/C8H8N4O/c13-8(12-6-9-10-11-12)7-4-2-1-3-5-7/h1-6,8,13H. The number of hydrogen-bond donors (Lipinski definition) is 1. The van der Waals surface area contributed by atoms with E-state index in [-0.39, 0.29) is 0 Å². The van der Waals surface area contributed by atoms with Gasteiger partial charge in [-0.1, -0.05) is 30.3 Å². The molecule has 0 aliphatic carbocycles. The molecule has 5 nitrogen and oxygen atoms in total. The van der Waals surface area contributed by atoms with E-state index in [2.05, 4.69) is 15.5 Å². The highest BCUT2D eigenvalue weighted by Gasteiger charge is 2.08. The molecule has 0 aliphatic rings. The molecule has 1 heterocycles. The highest BCUT2D eigenvalue weighted by Crippen LogP contribution is 2.11. The van der Waals surface area contributed by atoms with Gasteiger partial charge in [-0.25, -0.2) is 0 Å². The Morgan fingerprint density at radius 1 is 1.23 bits per heavy atom. The Kier molecular flexibility index (Phi) is 2.01. The normalized spacial score (nSPS) is 12.7. The average Bonchev–Trinajstić information content (AvgIpc) is 2.71. The number of aliphatic hydroxyl groups is 1. The van der Waals surface area contributed by atoms with Gasteiger partial charge < -0.3 is 5.11 Å². The summed E-state index contributed by atoms with van der Waals surface area (Å²) in [4.78, 5) is 0. The fourth-order valence-electron chi connectivity index (χ4n) is 1.06. The summed E-state index contributed by atoms with van der Waals surface area (Å²) in [5.41, 5.74) is 0.759. The van der Waals surface area contributed by atoms with Gasteiger partial charge in [0.25, 0.3) is 0 Å². The van der Waals surface area contributed by atoms with Gasteiger partial charge in [-0.15, -0.1) is 5.10 Å². The van der Waals surface area contributed by atoms with Crippen LogP contribution >= 0.6 is 0 Å². The van der Waals surface area contributed by atoms with Crippen molar-refractivity contribution < 1.29 is 5.11 Å². The fourth-order valence-corrected chi connectivity index (χ4v) is 1.06. The van der Waals surface area contributed by atoms with Gasteiger partial charge in [0.2, 0.25) is 0 Å². The first-order valence-corrected chi connectivity index (χ1v) is 3.83. The minimum Gasteiger partial charge on any atom is -0.368 e. The molecular weight excluding hydrogens is 168 g/mol. The highest BCUT2D eigenvalue weighted by molar-refractivity contribution is 5.16. The zero-order chi connectivity index (χ0) is 9.10. The summed E-state index contributed by atoms with van der Waals surface area (Å²) >= 11 is 0. The number of nitrogens with zero attached hydrogens (tertiary/aromatic N) is 4. The maximum absolute atomic E-state index is 9.70. The van der Waals surface area contributed by atoms with Crippen LogP contribution < -0.4 is 0 Å². The Balaban J connectivity index is 2.29. The van der Waals surface area contributed by atoms with Crippen LogP contribution in [0, 0.1) is 0 Å². The number of rotatable bonds is 2. The predicted molar refractivity (Wildman–Crippen MR) is 44.6 cm³/mol. The third kappa shape index (κ3) is 1.54. The lowest BCUT2D eigenvalue weighted by molar-refractivity contribution is 0.129. The zero-order valence-electron chi connectivity index (χ0n) is 6.78. The number of hydrogen-bond acceptors (Lipinski definition) is 4. The summed E-state index contributed by atoms with van der Waals surface area (Å²) in [7, 11) is 0. The molecule has 1 aromatic carbocycles.